The first-order chi connectivity index (χ1) is 11.2. The topological polar surface area (TPSA) is 79.8 Å². The lowest BCUT2D eigenvalue weighted by Crippen LogP contribution is -2.37. The summed E-state index contributed by atoms with van der Waals surface area (Å²) in [5, 5.41) is 3.91. The van der Waals surface area contributed by atoms with Gasteiger partial charge >= 0.3 is 0 Å². The third-order valence-corrected chi connectivity index (χ3v) is 4.51. The summed E-state index contributed by atoms with van der Waals surface area (Å²) in [6.45, 7) is 0.00758. The fourth-order valence-corrected chi connectivity index (χ4v) is 3.35. The summed E-state index contributed by atoms with van der Waals surface area (Å²) in [6, 6.07) is 7.91. The van der Waals surface area contributed by atoms with Crippen molar-refractivity contribution < 1.29 is 4.79 Å². The molecule has 1 amide bonds. The molecule has 6 nitrogen and oxygen atoms in total. The Morgan fingerprint density at radius 1 is 1.30 bits per heavy atom. The molecule has 0 unspecified atom stereocenters. The second kappa shape index (κ2) is 5.53. The lowest BCUT2D eigenvalue weighted by atomic mass is 10.2. The van der Waals surface area contributed by atoms with Crippen LogP contribution in [0.25, 0.3) is 21.9 Å². The SMILES string of the molecule is O=C(Cn1cnc2c([nH]c3ccccc32)c1=O)NC1CCCC1. The van der Waals surface area contributed by atoms with Crippen LogP contribution in [0, 0.1) is 0 Å². The van der Waals surface area contributed by atoms with Crippen molar-refractivity contribution in [1.82, 2.24) is 19.9 Å². The molecular formula is C17H18N4O2. The van der Waals surface area contributed by atoms with E-state index in [1.165, 1.54) is 10.9 Å². The van der Waals surface area contributed by atoms with E-state index in [0.29, 0.717) is 11.0 Å². The van der Waals surface area contributed by atoms with Crippen molar-refractivity contribution >= 4 is 27.8 Å². The quantitative estimate of drug-likeness (QED) is 0.776. The number of fused-ring (bicyclic) bond motifs is 3. The molecule has 0 radical (unpaired) electrons. The van der Waals surface area contributed by atoms with E-state index >= 15 is 0 Å². The molecule has 1 saturated carbocycles. The number of hydrogen-bond donors (Lipinski definition) is 2. The van der Waals surface area contributed by atoms with E-state index in [9.17, 15) is 9.59 Å². The van der Waals surface area contributed by atoms with Crippen molar-refractivity contribution in [3.63, 3.8) is 0 Å². The van der Waals surface area contributed by atoms with E-state index < -0.39 is 0 Å². The van der Waals surface area contributed by atoms with Gasteiger partial charge in [-0.25, -0.2) is 4.98 Å². The molecule has 6 heteroatoms. The maximum atomic E-state index is 12.6. The monoisotopic (exact) mass is 310 g/mol. The number of carbonyl (C=O) groups is 1. The van der Waals surface area contributed by atoms with Gasteiger partial charge in [0.25, 0.3) is 5.56 Å². The van der Waals surface area contributed by atoms with Crippen LogP contribution >= 0.6 is 0 Å². The minimum absolute atomic E-state index is 0.00758. The van der Waals surface area contributed by atoms with Crippen molar-refractivity contribution in [3.8, 4) is 0 Å². The molecule has 2 N–H and O–H groups in total. The zero-order valence-electron chi connectivity index (χ0n) is 12.7. The average molecular weight is 310 g/mol. The van der Waals surface area contributed by atoms with Gasteiger partial charge in [0.2, 0.25) is 5.91 Å². The number of aromatic nitrogens is 3. The Morgan fingerprint density at radius 2 is 2.09 bits per heavy atom. The number of nitrogens with zero attached hydrogens (tertiary/aromatic N) is 2. The lowest BCUT2D eigenvalue weighted by molar-refractivity contribution is -0.122. The molecule has 1 fully saturated rings. The first-order valence-corrected chi connectivity index (χ1v) is 7.97. The predicted octanol–water partition coefficient (Wildman–Crippen LogP) is 1.94. The smallest absolute Gasteiger partial charge is 0.278 e. The van der Waals surface area contributed by atoms with Gasteiger partial charge in [-0.1, -0.05) is 31.0 Å². The zero-order valence-corrected chi connectivity index (χ0v) is 12.7. The van der Waals surface area contributed by atoms with Gasteiger partial charge in [0.05, 0.1) is 6.33 Å². The number of amides is 1. The maximum absolute atomic E-state index is 12.6. The largest absolute Gasteiger partial charge is 0.352 e. The molecule has 0 saturated heterocycles. The van der Waals surface area contributed by atoms with Crippen molar-refractivity contribution in [2.75, 3.05) is 0 Å². The van der Waals surface area contributed by atoms with Gasteiger partial charge in [0.1, 0.15) is 17.6 Å². The molecule has 1 aliphatic carbocycles. The van der Waals surface area contributed by atoms with Gasteiger partial charge in [-0.05, 0) is 18.9 Å². The third-order valence-electron chi connectivity index (χ3n) is 4.51. The Hall–Kier alpha value is -2.63. The summed E-state index contributed by atoms with van der Waals surface area (Å²) in [6.07, 6.45) is 5.83. The molecule has 23 heavy (non-hydrogen) atoms. The first kappa shape index (κ1) is 14.0. The standard InChI is InChI=1S/C17H18N4O2/c22-14(19-11-5-1-2-6-11)9-21-10-18-15-12-7-3-4-8-13(12)20-16(15)17(21)23/h3-4,7-8,10-11,20H,1-2,5-6,9H2,(H,19,22). The molecule has 3 aromatic rings. The van der Waals surface area contributed by atoms with Crippen LogP contribution < -0.4 is 10.9 Å². The highest BCUT2D eigenvalue weighted by Crippen LogP contribution is 2.20. The summed E-state index contributed by atoms with van der Waals surface area (Å²) in [4.78, 5) is 32.2. The van der Waals surface area contributed by atoms with Crippen LogP contribution in [-0.2, 0) is 11.3 Å². The number of aromatic amines is 1. The van der Waals surface area contributed by atoms with E-state index in [2.05, 4.69) is 15.3 Å². The highest BCUT2D eigenvalue weighted by atomic mass is 16.2. The molecule has 4 rings (SSSR count). The van der Waals surface area contributed by atoms with Crippen molar-refractivity contribution in [2.45, 2.75) is 38.3 Å². The molecule has 0 bridgehead atoms. The molecule has 118 valence electrons. The van der Waals surface area contributed by atoms with Gasteiger partial charge in [-0.15, -0.1) is 0 Å². The third kappa shape index (κ3) is 2.50. The highest BCUT2D eigenvalue weighted by molar-refractivity contribution is 6.04. The van der Waals surface area contributed by atoms with E-state index in [1.807, 2.05) is 24.3 Å². The molecule has 0 atom stereocenters. The predicted molar refractivity (Wildman–Crippen MR) is 88.3 cm³/mol. The van der Waals surface area contributed by atoms with Gasteiger partial charge in [-0.3, -0.25) is 14.2 Å². The van der Waals surface area contributed by atoms with E-state index in [0.717, 1.165) is 36.6 Å². The molecule has 1 aromatic carbocycles. The second-order valence-corrected chi connectivity index (χ2v) is 6.12. The molecule has 0 aliphatic heterocycles. The van der Waals surface area contributed by atoms with Crippen LogP contribution in [0.5, 0.6) is 0 Å². The molecule has 1 aliphatic rings. The van der Waals surface area contributed by atoms with Crippen LogP contribution in [0.4, 0.5) is 0 Å². The highest BCUT2D eigenvalue weighted by Gasteiger charge is 2.18. The summed E-state index contributed by atoms with van der Waals surface area (Å²) in [5.74, 6) is -0.128. The maximum Gasteiger partial charge on any atom is 0.278 e. The molecule has 0 spiro atoms. The Balaban J connectivity index is 1.65. The van der Waals surface area contributed by atoms with Gasteiger partial charge < -0.3 is 10.3 Å². The number of benzene rings is 1. The number of carbonyl (C=O) groups excluding carboxylic acids is 1. The number of nitrogens with one attached hydrogen (secondary N) is 2. The molecule has 2 heterocycles. The fraction of sp³-hybridized carbons (Fsp3) is 0.353. The summed E-state index contributed by atoms with van der Waals surface area (Å²) < 4.78 is 1.36. The number of hydrogen-bond acceptors (Lipinski definition) is 3. The second-order valence-electron chi connectivity index (χ2n) is 6.12. The average Bonchev–Trinajstić information content (AvgIpc) is 3.17. The Bertz CT molecular complexity index is 935. The van der Waals surface area contributed by atoms with Crippen LogP contribution in [0.3, 0.4) is 0 Å². The van der Waals surface area contributed by atoms with Crippen LogP contribution in [0.1, 0.15) is 25.7 Å². The number of rotatable bonds is 3. The van der Waals surface area contributed by atoms with E-state index in [4.69, 9.17) is 0 Å². The first-order valence-electron chi connectivity index (χ1n) is 7.97. The molecule has 2 aromatic heterocycles. The van der Waals surface area contributed by atoms with Gasteiger partial charge in [0.15, 0.2) is 0 Å². The molecular weight excluding hydrogens is 292 g/mol. The Morgan fingerprint density at radius 3 is 2.91 bits per heavy atom. The van der Waals surface area contributed by atoms with Gasteiger partial charge in [-0.2, -0.15) is 0 Å². The van der Waals surface area contributed by atoms with Crippen molar-refractivity contribution in [2.24, 2.45) is 0 Å². The van der Waals surface area contributed by atoms with Crippen LogP contribution in [0.15, 0.2) is 35.4 Å². The Labute approximate surface area is 132 Å². The summed E-state index contributed by atoms with van der Waals surface area (Å²) in [7, 11) is 0. The Kier molecular flexibility index (Phi) is 3.37. The van der Waals surface area contributed by atoms with Gasteiger partial charge in [0, 0.05) is 16.9 Å². The fourth-order valence-electron chi connectivity index (χ4n) is 3.35. The normalized spacial score (nSPS) is 15.5. The lowest BCUT2D eigenvalue weighted by Gasteiger charge is -2.12. The van der Waals surface area contributed by atoms with E-state index in [1.54, 1.807) is 0 Å². The van der Waals surface area contributed by atoms with Crippen molar-refractivity contribution in [3.05, 3.63) is 40.9 Å². The summed E-state index contributed by atoms with van der Waals surface area (Å²) >= 11 is 0. The minimum Gasteiger partial charge on any atom is -0.352 e. The van der Waals surface area contributed by atoms with Crippen molar-refractivity contribution in [1.29, 1.82) is 0 Å². The minimum atomic E-state index is -0.215. The zero-order chi connectivity index (χ0) is 15.8. The van der Waals surface area contributed by atoms with E-state index in [-0.39, 0.29) is 24.1 Å². The van der Waals surface area contributed by atoms with Crippen LogP contribution in [0.2, 0.25) is 0 Å². The number of para-hydroxylation sites is 1. The summed E-state index contributed by atoms with van der Waals surface area (Å²) in [5.41, 5.74) is 1.76. The van der Waals surface area contributed by atoms with Crippen LogP contribution in [-0.4, -0.2) is 26.5 Å². The number of H-pyrrole nitrogens is 1.